The molecule has 0 bridgehead atoms. The normalized spacial score (nSPS) is 10.2. The number of amides is 3. The van der Waals surface area contributed by atoms with Crippen LogP contribution in [0.1, 0.15) is 15.9 Å². The molecule has 2 heterocycles. The number of aromatic amines is 4. The molecule has 0 unspecified atom stereocenters. The number of carbonyl (C=O) groups is 2. The fourth-order valence-corrected chi connectivity index (χ4v) is 6.63. The molecule has 63 heavy (non-hydrogen) atoms. The first-order valence-corrected chi connectivity index (χ1v) is 21.1. The van der Waals surface area contributed by atoms with Gasteiger partial charge in [-0.25, -0.2) is 17.9 Å². The third-order valence-electron chi connectivity index (χ3n) is 8.02. The molecule has 17 nitrogen and oxygen atoms in total. The summed E-state index contributed by atoms with van der Waals surface area (Å²) in [5.74, 6) is 1.16. The Morgan fingerprint density at radius 3 is 1.56 bits per heavy atom. The minimum atomic E-state index is -3.90. The van der Waals surface area contributed by atoms with Gasteiger partial charge in [0.2, 0.25) is 0 Å². The first-order chi connectivity index (χ1) is 30.0. The van der Waals surface area contributed by atoms with E-state index in [1.165, 1.54) is 12.1 Å². The van der Waals surface area contributed by atoms with E-state index in [1.807, 2.05) is 60.8 Å². The van der Waals surface area contributed by atoms with Crippen molar-refractivity contribution in [3.8, 4) is 11.5 Å². The summed E-state index contributed by atoms with van der Waals surface area (Å²) in [6.45, 7) is 1.82. The number of benzene rings is 5. The zero-order valence-corrected chi connectivity index (χ0v) is 37.5. The van der Waals surface area contributed by atoms with Crippen molar-refractivity contribution < 1.29 is 27.5 Å². The number of aryl methyl sites for hydroxylation is 1. The Balaban J connectivity index is 0.000000190. The van der Waals surface area contributed by atoms with Crippen LogP contribution in [-0.2, 0) is 10.0 Å². The van der Waals surface area contributed by atoms with Gasteiger partial charge < -0.3 is 30.5 Å². The Labute approximate surface area is 380 Å². The number of carbonyl (C=O) groups excluding carboxylic acids is 2. The molecule has 0 saturated carbocycles. The molecule has 0 aliphatic carbocycles. The number of para-hydroxylation sites is 2. The summed E-state index contributed by atoms with van der Waals surface area (Å²) in [4.78, 5) is 56.5. The van der Waals surface area contributed by atoms with E-state index < -0.39 is 16.1 Å². The van der Waals surface area contributed by atoms with Crippen LogP contribution in [0, 0.1) is 16.5 Å². The number of rotatable bonds is 6. The zero-order valence-electron chi connectivity index (χ0n) is 33.4. The van der Waals surface area contributed by atoms with Crippen LogP contribution in [0.2, 0.25) is 0 Å². The van der Waals surface area contributed by atoms with Crippen molar-refractivity contribution in [3.63, 3.8) is 0 Å². The second kappa shape index (κ2) is 23.2. The summed E-state index contributed by atoms with van der Waals surface area (Å²) in [5, 5.41) is 8.70. The zero-order chi connectivity index (χ0) is 46.1. The highest BCUT2D eigenvalue weighted by Crippen LogP contribution is 2.15. The van der Waals surface area contributed by atoms with Crippen molar-refractivity contribution in [1.82, 2.24) is 35.3 Å². The number of thiocarbonyl (C=S) groups is 2. The van der Waals surface area contributed by atoms with Crippen molar-refractivity contribution in [3.05, 3.63) is 163 Å². The SMILES string of the molecule is COc1ccc(NC(=S)NC(=O)c2ccc(OC)cc2)cc1.Cc1ccc(S(=O)(=O)NC(=O)NC(N)=S)cc1.O=c1[nH]c(=S)[nH]c2ccccc12.O=c1[nH]c(=S)[nH]c2ccccc12. The van der Waals surface area contributed by atoms with E-state index in [9.17, 15) is 27.6 Å². The standard InChI is InChI=1S/C16H16N2O3S.C9H11N3O3S2.2C8H6N2OS/c1-20-13-7-3-11(4-8-13)15(19)18-16(22)17-12-5-9-14(21-2)10-6-12;1-6-2-4-7(5-3-6)17(14,15)12-9(13)11-8(10)16;2*11-7-5-3-1-2-4-6(5)9-8(12)10-7/h3-10H,1-2H3,(H2,17,18,19,22);2-5H,1H3,(H4,10,11,12,13,16);2*1-4H,(H2,9,10,11,12). The summed E-state index contributed by atoms with van der Waals surface area (Å²) < 4.78 is 36.0. The molecule has 0 spiro atoms. The molecule has 0 atom stereocenters. The number of sulfonamides is 1. The fourth-order valence-electron chi connectivity index (χ4n) is 5.02. The molecule has 3 amide bonds. The quantitative estimate of drug-likeness (QED) is 0.0839. The predicted molar refractivity (Wildman–Crippen MR) is 256 cm³/mol. The lowest BCUT2D eigenvalue weighted by Gasteiger charge is -2.10. The highest BCUT2D eigenvalue weighted by molar-refractivity contribution is 7.90. The number of nitrogens with one attached hydrogen (secondary N) is 8. The van der Waals surface area contributed by atoms with E-state index in [-0.39, 0.29) is 32.1 Å². The van der Waals surface area contributed by atoms with Crippen molar-refractivity contribution >= 4 is 109 Å². The third kappa shape index (κ3) is 15.4. The molecule has 5 aromatic carbocycles. The number of aromatic nitrogens is 4. The highest BCUT2D eigenvalue weighted by Gasteiger charge is 2.17. The molecule has 7 aromatic rings. The maximum Gasteiger partial charge on any atom is 0.334 e. The summed E-state index contributed by atoms with van der Waals surface area (Å²) in [7, 11) is -0.727. The van der Waals surface area contributed by atoms with Crippen molar-refractivity contribution in [2.45, 2.75) is 11.8 Å². The smallest absolute Gasteiger partial charge is 0.334 e. The van der Waals surface area contributed by atoms with Crippen molar-refractivity contribution in [2.75, 3.05) is 19.5 Å². The van der Waals surface area contributed by atoms with Crippen molar-refractivity contribution in [2.24, 2.45) is 5.73 Å². The molecule has 0 radical (unpaired) electrons. The Kier molecular flexibility index (Phi) is 17.9. The van der Waals surface area contributed by atoms with Crippen LogP contribution in [-0.4, -0.2) is 64.7 Å². The van der Waals surface area contributed by atoms with Gasteiger partial charge in [0.1, 0.15) is 11.5 Å². The molecule has 7 rings (SSSR count). The van der Waals surface area contributed by atoms with Gasteiger partial charge in [-0.1, -0.05) is 42.0 Å². The number of ether oxygens (including phenoxy) is 2. The fraction of sp³-hybridized carbons (Fsp3) is 0.0732. The van der Waals surface area contributed by atoms with Crippen LogP contribution in [0.5, 0.6) is 11.5 Å². The Morgan fingerprint density at radius 1 is 0.635 bits per heavy atom. The van der Waals surface area contributed by atoms with Crippen LogP contribution >= 0.6 is 48.9 Å². The Morgan fingerprint density at radius 2 is 1.10 bits per heavy atom. The minimum absolute atomic E-state index is 0.0128. The molecular weight excluding hydrogens is 907 g/mol. The lowest BCUT2D eigenvalue weighted by molar-refractivity contribution is 0.0977. The molecule has 0 fully saturated rings. The van der Waals surface area contributed by atoms with E-state index in [2.05, 4.69) is 42.8 Å². The molecule has 22 heteroatoms. The van der Waals surface area contributed by atoms with Crippen LogP contribution < -0.4 is 47.0 Å². The summed E-state index contributed by atoms with van der Waals surface area (Å²) in [6, 6.07) is 33.5. The number of nitrogens with two attached hydrogens (primary N) is 1. The third-order valence-corrected chi connectivity index (χ3v) is 10.1. The van der Waals surface area contributed by atoms with E-state index in [0.29, 0.717) is 31.6 Å². The Bertz CT molecular complexity index is 2980. The van der Waals surface area contributed by atoms with Gasteiger partial charge in [-0.3, -0.25) is 35.0 Å². The maximum absolute atomic E-state index is 12.0. The van der Waals surface area contributed by atoms with Gasteiger partial charge in [-0.15, -0.1) is 0 Å². The predicted octanol–water partition coefficient (Wildman–Crippen LogP) is 6.23. The number of fused-ring (bicyclic) bond motifs is 2. The number of hydrogen-bond donors (Lipinski definition) is 9. The average Bonchev–Trinajstić information content (AvgIpc) is 3.24. The number of urea groups is 1. The molecule has 2 aromatic heterocycles. The van der Waals surface area contributed by atoms with Gasteiger partial charge in [-0.05, 0) is 141 Å². The molecule has 0 aliphatic rings. The first kappa shape index (κ1) is 48.6. The first-order valence-electron chi connectivity index (χ1n) is 18.0. The topological polar surface area (TPSA) is 258 Å². The molecule has 10 N–H and O–H groups in total. The van der Waals surface area contributed by atoms with Gasteiger partial charge >= 0.3 is 6.03 Å². The minimum Gasteiger partial charge on any atom is -0.497 e. The average molecular weight is 946 g/mol. The monoisotopic (exact) mass is 945 g/mol. The van der Waals surface area contributed by atoms with Gasteiger partial charge in [-0.2, -0.15) is 0 Å². The molecule has 0 aliphatic heterocycles. The van der Waals surface area contributed by atoms with E-state index in [0.717, 1.165) is 28.0 Å². The van der Waals surface area contributed by atoms with E-state index in [4.69, 9.17) is 51.9 Å². The van der Waals surface area contributed by atoms with Gasteiger partial charge in [0, 0.05) is 11.3 Å². The summed E-state index contributed by atoms with van der Waals surface area (Å²) >= 11 is 19.2. The molecule has 0 saturated heterocycles. The van der Waals surface area contributed by atoms with Gasteiger partial charge in [0.25, 0.3) is 27.0 Å². The second-order valence-electron chi connectivity index (χ2n) is 12.5. The molecule has 326 valence electrons. The highest BCUT2D eigenvalue weighted by atomic mass is 32.2. The number of hydrogen-bond acceptors (Lipinski definition) is 12. The van der Waals surface area contributed by atoms with Crippen LogP contribution in [0.15, 0.2) is 136 Å². The van der Waals surface area contributed by atoms with Crippen molar-refractivity contribution in [1.29, 1.82) is 0 Å². The van der Waals surface area contributed by atoms with E-state index in [1.54, 1.807) is 79.6 Å². The van der Waals surface area contributed by atoms with Crippen LogP contribution in [0.25, 0.3) is 21.8 Å². The lowest BCUT2D eigenvalue weighted by Crippen LogP contribution is -2.44. The van der Waals surface area contributed by atoms with E-state index >= 15 is 0 Å². The largest absolute Gasteiger partial charge is 0.497 e. The lowest BCUT2D eigenvalue weighted by atomic mass is 10.2. The van der Waals surface area contributed by atoms with Gasteiger partial charge in [0.15, 0.2) is 19.8 Å². The number of H-pyrrole nitrogens is 4. The number of methoxy groups -OCH3 is 2. The summed E-state index contributed by atoms with van der Waals surface area (Å²) in [6.07, 6.45) is 0. The van der Waals surface area contributed by atoms with Crippen LogP contribution in [0.3, 0.4) is 0 Å². The maximum atomic E-state index is 12.0. The van der Waals surface area contributed by atoms with Gasteiger partial charge in [0.05, 0.1) is 40.9 Å². The van der Waals surface area contributed by atoms with Crippen LogP contribution in [0.4, 0.5) is 10.5 Å². The summed E-state index contributed by atoms with van der Waals surface area (Å²) in [5.41, 5.74) is 8.46. The Hall–Kier alpha value is -7.11. The second-order valence-corrected chi connectivity index (χ2v) is 15.9. The molecular formula is C41H39N9O8S5. The number of anilines is 1.